The molecule has 0 saturated carbocycles. The van der Waals surface area contributed by atoms with Crippen LogP contribution in [0.4, 0.5) is 0 Å². The lowest BCUT2D eigenvalue weighted by molar-refractivity contribution is 0.0817. The summed E-state index contributed by atoms with van der Waals surface area (Å²) in [7, 11) is 3.54. The summed E-state index contributed by atoms with van der Waals surface area (Å²) >= 11 is 0. The van der Waals surface area contributed by atoms with Crippen LogP contribution in [-0.2, 0) is 16.5 Å². The molecule has 1 aromatic carbocycles. The molecular weight excluding hydrogens is 366 g/mol. The number of aromatic nitrogens is 3. The van der Waals surface area contributed by atoms with E-state index in [1.165, 1.54) is 0 Å². The predicted octanol–water partition coefficient (Wildman–Crippen LogP) is 3.81. The van der Waals surface area contributed by atoms with Gasteiger partial charge in [-0.1, -0.05) is 6.07 Å². The van der Waals surface area contributed by atoms with Crippen molar-refractivity contribution in [2.45, 2.75) is 38.6 Å². The van der Waals surface area contributed by atoms with Gasteiger partial charge < -0.3 is 18.6 Å². The SMILES string of the molecule is COCC(C)n1c(C2CCOCC2)nc2ccc(-c3cc(C)c(=O)n(C)c3)cc21. The number of hydrogen-bond donors (Lipinski definition) is 0. The maximum absolute atomic E-state index is 12.1. The van der Waals surface area contributed by atoms with Gasteiger partial charge >= 0.3 is 0 Å². The largest absolute Gasteiger partial charge is 0.383 e. The van der Waals surface area contributed by atoms with Crippen molar-refractivity contribution in [3.63, 3.8) is 0 Å². The molecule has 2 aromatic heterocycles. The van der Waals surface area contributed by atoms with Crippen molar-refractivity contribution in [2.24, 2.45) is 7.05 Å². The first-order chi connectivity index (χ1) is 14.0. The third kappa shape index (κ3) is 3.74. The zero-order valence-corrected chi connectivity index (χ0v) is 17.6. The Morgan fingerprint density at radius 1 is 1.24 bits per heavy atom. The van der Waals surface area contributed by atoms with Gasteiger partial charge in [0, 0.05) is 45.0 Å². The monoisotopic (exact) mass is 395 g/mol. The molecular formula is C23H29N3O3. The Morgan fingerprint density at radius 2 is 2.00 bits per heavy atom. The van der Waals surface area contributed by atoms with Gasteiger partial charge in [0.15, 0.2) is 0 Å². The van der Waals surface area contributed by atoms with Crippen LogP contribution in [0.2, 0.25) is 0 Å². The average molecular weight is 396 g/mol. The Kier molecular flexibility index (Phi) is 5.56. The van der Waals surface area contributed by atoms with E-state index in [4.69, 9.17) is 14.5 Å². The van der Waals surface area contributed by atoms with E-state index in [0.717, 1.165) is 59.6 Å². The van der Waals surface area contributed by atoms with E-state index < -0.39 is 0 Å². The molecule has 1 aliphatic heterocycles. The topological polar surface area (TPSA) is 58.3 Å². The van der Waals surface area contributed by atoms with E-state index in [1.807, 2.05) is 19.2 Å². The predicted molar refractivity (Wildman–Crippen MR) is 115 cm³/mol. The molecule has 1 fully saturated rings. The lowest BCUT2D eigenvalue weighted by Gasteiger charge is -2.25. The molecule has 0 amide bonds. The Balaban J connectivity index is 1.86. The van der Waals surface area contributed by atoms with Crippen LogP contribution in [0.15, 0.2) is 35.3 Å². The van der Waals surface area contributed by atoms with Crippen LogP contribution in [0.5, 0.6) is 0 Å². The summed E-state index contributed by atoms with van der Waals surface area (Å²) in [6, 6.07) is 8.51. The van der Waals surface area contributed by atoms with E-state index in [9.17, 15) is 4.79 Å². The van der Waals surface area contributed by atoms with Crippen LogP contribution < -0.4 is 5.56 Å². The summed E-state index contributed by atoms with van der Waals surface area (Å²) in [6.07, 6.45) is 3.89. The van der Waals surface area contributed by atoms with Crippen LogP contribution >= 0.6 is 0 Å². The van der Waals surface area contributed by atoms with Crippen molar-refractivity contribution >= 4 is 11.0 Å². The first-order valence-electron chi connectivity index (χ1n) is 10.3. The van der Waals surface area contributed by atoms with Gasteiger partial charge in [-0.05, 0) is 56.0 Å². The van der Waals surface area contributed by atoms with E-state index in [-0.39, 0.29) is 11.6 Å². The molecule has 6 heteroatoms. The van der Waals surface area contributed by atoms with Crippen molar-refractivity contribution < 1.29 is 9.47 Å². The maximum Gasteiger partial charge on any atom is 0.253 e. The van der Waals surface area contributed by atoms with E-state index in [0.29, 0.717) is 12.5 Å². The highest BCUT2D eigenvalue weighted by atomic mass is 16.5. The van der Waals surface area contributed by atoms with Gasteiger partial charge in [-0.15, -0.1) is 0 Å². The first-order valence-corrected chi connectivity index (χ1v) is 10.3. The summed E-state index contributed by atoms with van der Waals surface area (Å²) in [4.78, 5) is 17.1. The highest BCUT2D eigenvalue weighted by molar-refractivity contribution is 5.83. The second-order valence-electron chi connectivity index (χ2n) is 8.06. The second kappa shape index (κ2) is 8.13. The molecule has 3 aromatic rings. The molecule has 154 valence electrons. The minimum atomic E-state index is 0.0374. The smallest absolute Gasteiger partial charge is 0.253 e. The molecule has 4 rings (SSSR count). The number of benzene rings is 1. The van der Waals surface area contributed by atoms with Crippen molar-refractivity contribution in [3.8, 4) is 11.1 Å². The fourth-order valence-corrected chi connectivity index (χ4v) is 4.35. The summed E-state index contributed by atoms with van der Waals surface area (Å²) in [5.41, 5.74) is 5.01. The van der Waals surface area contributed by atoms with Crippen molar-refractivity contribution in [1.82, 2.24) is 14.1 Å². The van der Waals surface area contributed by atoms with Crippen LogP contribution in [0, 0.1) is 6.92 Å². The summed E-state index contributed by atoms with van der Waals surface area (Å²) < 4.78 is 15.0. The lowest BCUT2D eigenvalue weighted by atomic mass is 9.99. The van der Waals surface area contributed by atoms with Crippen molar-refractivity contribution in [3.05, 3.63) is 52.2 Å². The Bertz CT molecular complexity index is 1050. The van der Waals surface area contributed by atoms with Crippen LogP contribution in [0.3, 0.4) is 0 Å². The fourth-order valence-electron chi connectivity index (χ4n) is 4.35. The molecule has 1 unspecified atom stereocenters. The number of nitrogens with zero attached hydrogens (tertiary/aromatic N) is 3. The molecule has 0 spiro atoms. The highest BCUT2D eigenvalue weighted by Gasteiger charge is 2.25. The summed E-state index contributed by atoms with van der Waals surface area (Å²) in [6.45, 7) is 6.24. The van der Waals surface area contributed by atoms with Gasteiger partial charge in [-0.3, -0.25) is 4.79 Å². The maximum atomic E-state index is 12.1. The number of rotatable bonds is 5. The zero-order valence-electron chi connectivity index (χ0n) is 17.6. The van der Waals surface area contributed by atoms with E-state index >= 15 is 0 Å². The number of imidazole rings is 1. The first kappa shape index (κ1) is 19.9. The number of methoxy groups -OCH3 is 1. The zero-order chi connectivity index (χ0) is 20.5. The van der Waals surface area contributed by atoms with Crippen molar-refractivity contribution in [1.29, 1.82) is 0 Å². The van der Waals surface area contributed by atoms with Gasteiger partial charge in [-0.25, -0.2) is 4.98 Å². The van der Waals surface area contributed by atoms with Crippen LogP contribution in [0.1, 0.15) is 43.1 Å². The van der Waals surface area contributed by atoms with Gasteiger partial charge in [0.1, 0.15) is 5.82 Å². The normalized spacial score (nSPS) is 16.4. The fraction of sp³-hybridized carbons (Fsp3) is 0.478. The third-order valence-electron chi connectivity index (χ3n) is 5.85. The van der Waals surface area contributed by atoms with Crippen molar-refractivity contribution in [2.75, 3.05) is 26.9 Å². The molecule has 3 heterocycles. The van der Waals surface area contributed by atoms with Crippen LogP contribution in [-0.4, -0.2) is 41.0 Å². The summed E-state index contributed by atoms with van der Waals surface area (Å²) in [5, 5.41) is 0. The molecule has 0 bridgehead atoms. The molecule has 1 aliphatic rings. The molecule has 6 nitrogen and oxygen atoms in total. The van der Waals surface area contributed by atoms with Crippen LogP contribution in [0.25, 0.3) is 22.2 Å². The molecule has 1 saturated heterocycles. The number of fused-ring (bicyclic) bond motifs is 1. The average Bonchev–Trinajstić information content (AvgIpc) is 3.11. The Labute approximate surface area is 171 Å². The van der Waals surface area contributed by atoms with E-state index in [2.05, 4.69) is 29.7 Å². The minimum Gasteiger partial charge on any atom is -0.383 e. The number of ether oxygens (including phenoxy) is 2. The van der Waals surface area contributed by atoms with Gasteiger partial charge in [0.2, 0.25) is 0 Å². The van der Waals surface area contributed by atoms with Gasteiger partial charge in [-0.2, -0.15) is 0 Å². The lowest BCUT2D eigenvalue weighted by Crippen LogP contribution is -2.21. The standard InChI is InChI=1S/C23H29N3O3/c1-15-11-19(13-25(3)23(15)27)18-5-6-20-21(12-18)26(16(2)14-28-4)22(24-20)17-7-9-29-10-8-17/h5-6,11-13,16-17H,7-10,14H2,1-4H3. The van der Waals surface area contributed by atoms with Gasteiger partial charge in [0.25, 0.3) is 5.56 Å². The molecule has 1 atom stereocenters. The molecule has 29 heavy (non-hydrogen) atoms. The molecule has 0 aliphatic carbocycles. The number of aryl methyl sites for hydroxylation is 2. The minimum absolute atomic E-state index is 0.0374. The third-order valence-corrected chi connectivity index (χ3v) is 5.85. The second-order valence-corrected chi connectivity index (χ2v) is 8.06. The Morgan fingerprint density at radius 3 is 2.69 bits per heavy atom. The number of hydrogen-bond acceptors (Lipinski definition) is 4. The van der Waals surface area contributed by atoms with E-state index in [1.54, 1.807) is 18.7 Å². The quantitative estimate of drug-likeness (QED) is 0.659. The highest BCUT2D eigenvalue weighted by Crippen LogP contribution is 2.33. The molecule has 0 radical (unpaired) electrons. The van der Waals surface area contributed by atoms with Gasteiger partial charge in [0.05, 0.1) is 23.7 Å². The Hall–Kier alpha value is -2.44. The number of pyridine rings is 1. The molecule has 0 N–H and O–H groups in total. The summed E-state index contributed by atoms with van der Waals surface area (Å²) in [5.74, 6) is 1.53.